The molecule has 0 atom stereocenters. The molecule has 0 aliphatic carbocycles. The molecule has 0 unspecified atom stereocenters. The predicted octanol–water partition coefficient (Wildman–Crippen LogP) is 1.70. The first-order valence-corrected chi connectivity index (χ1v) is 8.99. The van der Waals surface area contributed by atoms with E-state index in [0.717, 1.165) is 17.7 Å². The highest BCUT2D eigenvalue weighted by Crippen LogP contribution is 2.32. The largest absolute Gasteiger partial charge is 0.345 e. The van der Waals surface area contributed by atoms with Crippen molar-refractivity contribution >= 4 is 23.4 Å². The molecule has 0 saturated carbocycles. The van der Waals surface area contributed by atoms with Gasteiger partial charge in [0.1, 0.15) is 0 Å². The van der Waals surface area contributed by atoms with E-state index < -0.39 is 0 Å². The molecule has 0 aromatic heterocycles. The Morgan fingerprint density at radius 2 is 1.85 bits per heavy atom. The van der Waals surface area contributed by atoms with E-state index in [9.17, 15) is 14.4 Å². The van der Waals surface area contributed by atoms with Crippen molar-refractivity contribution in [3.05, 3.63) is 42.0 Å². The monoisotopic (exact) mass is 355 g/mol. The molecule has 26 heavy (non-hydrogen) atoms. The summed E-state index contributed by atoms with van der Waals surface area (Å²) in [4.78, 5) is 41.9. The molecule has 3 amide bonds. The van der Waals surface area contributed by atoms with Crippen molar-refractivity contribution in [1.82, 2.24) is 9.80 Å². The molecule has 1 aromatic carbocycles. The van der Waals surface area contributed by atoms with Crippen LogP contribution in [0.5, 0.6) is 0 Å². The van der Waals surface area contributed by atoms with Crippen LogP contribution in [0.1, 0.15) is 28.8 Å². The first-order chi connectivity index (χ1) is 12.4. The number of carbonyl (C=O) groups excluding carboxylic acids is 3. The average Bonchev–Trinajstić information content (AvgIpc) is 3.09. The van der Waals surface area contributed by atoms with Crippen molar-refractivity contribution in [3.63, 3.8) is 0 Å². The van der Waals surface area contributed by atoms with Crippen molar-refractivity contribution < 1.29 is 14.4 Å². The van der Waals surface area contributed by atoms with Gasteiger partial charge >= 0.3 is 0 Å². The fourth-order valence-corrected chi connectivity index (χ4v) is 3.72. The first-order valence-electron chi connectivity index (χ1n) is 8.99. The molecule has 0 spiro atoms. The minimum absolute atomic E-state index is 0.0307. The van der Waals surface area contributed by atoms with Crippen molar-refractivity contribution in [1.29, 1.82) is 0 Å². The third-order valence-electron chi connectivity index (χ3n) is 5.22. The number of carbonyl (C=O) groups is 3. The average molecular weight is 355 g/mol. The molecule has 2 aliphatic heterocycles. The lowest BCUT2D eigenvalue weighted by atomic mass is 9.95. The van der Waals surface area contributed by atoms with Crippen molar-refractivity contribution in [3.8, 4) is 0 Å². The maximum Gasteiger partial charge on any atom is 0.253 e. The number of hydrogen-bond donors (Lipinski definition) is 0. The molecule has 138 valence electrons. The van der Waals surface area contributed by atoms with Crippen molar-refractivity contribution in [2.24, 2.45) is 5.92 Å². The Bertz CT molecular complexity index is 749. The second-order valence-electron chi connectivity index (χ2n) is 7.09. The van der Waals surface area contributed by atoms with Gasteiger partial charge in [-0.1, -0.05) is 6.58 Å². The normalized spacial score (nSPS) is 17.0. The molecule has 6 heteroatoms. The van der Waals surface area contributed by atoms with Crippen LogP contribution in [0, 0.1) is 5.92 Å². The molecule has 1 fully saturated rings. The van der Waals surface area contributed by atoms with Gasteiger partial charge in [0.25, 0.3) is 5.91 Å². The lowest BCUT2D eigenvalue weighted by Crippen LogP contribution is -2.43. The van der Waals surface area contributed by atoms with Gasteiger partial charge in [-0.05, 0) is 49.1 Å². The molecular weight excluding hydrogens is 330 g/mol. The van der Waals surface area contributed by atoms with Crippen LogP contribution in [0.4, 0.5) is 5.69 Å². The Labute approximate surface area is 154 Å². The number of anilines is 1. The van der Waals surface area contributed by atoms with Crippen LogP contribution in [-0.4, -0.2) is 61.3 Å². The van der Waals surface area contributed by atoms with Crippen LogP contribution in [0.25, 0.3) is 0 Å². The Kier molecular flexibility index (Phi) is 5.11. The van der Waals surface area contributed by atoms with E-state index in [-0.39, 0.29) is 23.6 Å². The minimum atomic E-state index is -0.0690. The number of piperidine rings is 1. The van der Waals surface area contributed by atoms with Gasteiger partial charge in [0, 0.05) is 50.9 Å². The van der Waals surface area contributed by atoms with Crippen LogP contribution < -0.4 is 4.90 Å². The van der Waals surface area contributed by atoms with Crippen LogP contribution in [0.2, 0.25) is 0 Å². The predicted molar refractivity (Wildman–Crippen MR) is 100 cm³/mol. The fourth-order valence-electron chi connectivity index (χ4n) is 3.72. The van der Waals surface area contributed by atoms with Crippen molar-refractivity contribution in [2.45, 2.75) is 19.3 Å². The van der Waals surface area contributed by atoms with Gasteiger partial charge in [-0.25, -0.2) is 0 Å². The van der Waals surface area contributed by atoms with E-state index in [0.29, 0.717) is 38.0 Å². The van der Waals surface area contributed by atoms with Crippen molar-refractivity contribution in [2.75, 3.05) is 38.6 Å². The summed E-state index contributed by atoms with van der Waals surface area (Å²) in [5.74, 6) is -0.0311. The molecule has 0 radical (unpaired) electrons. The molecule has 1 saturated heterocycles. The molecule has 0 bridgehead atoms. The van der Waals surface area contributed by atoms with E-state index in [4.69, 9.17) is 0 Å². The molecule has 0 N–H and O–H groups in total. The smallest absolute Gasteiger partial charge is 0.253 e. The van der Waals surface area contributed by atoms with Crippen LogP contribution in [-0.2, 0) is 16.0 Å². The fraction of sp³-hybridized carbons (Fsp3) is 0.450. The Morgan fingerprint density at radius 3 is 2.46 bits per heavy atom. The SMILES string of the molecule is C=CC(=O)N1CCC(C(=O)N2CCc3cc(C(=O)N(C)C)ccc32)CC1. The molecule has 6 nitrogen and oxygen atoms in total. The second kappa shape index (κ2) is 7.32. The van der Waals surface area contributed by atoms with Crippen LogP contribution in [0.3, 0.4) is 0 Å². The van der Waals surface area contributed by atoms with Crippen LogP contribution >= 0.6 is 0 Å². The Morgan fingerprint density at radius 1 is 1.15 bits per heavy atom. The first kappa shape index (κ1) is 18.2. The summed E-state index contributed by atoms with van der Waals surface area (Å²) in [5.41, 5.74) is 2.61. The molecule has 3 rings (SSSR count). The van der Waals surface area contributed by atoms with Gasteiger partial charge in [-0.3, -0.25) is 14.4 Å². The Balaban J connectivity index is 1.69. The van der Waals surface area contributed by atoms with E-state index in [1.165, 1.54) is 6.08 Å². The standard InChI is InChI=1S/C20H25N3O3/c1-4-18(24)22-10-7-14(8-11-22)20(26)23-12-9-15-13-16(5-6-17(15)23)19(25)21(2)3/h4-6,13-14H,1,7-12H2,2-3H3. The highest BCUT2D eigenvalue weighted by Gasteiger charge is 2.33. The van der Waals surface area contributed by atoms with E-state index in [2.05, 4.69) is 6.58 Å². The minimum Gasteiger partial charge on any atom is -0.345 e. The van der Waals surface area contributed by atoms with Gasteiger partial charge < -0.3 is 14.7 Å². The number of rotatable bonds is 3. The molecule has 2 heterocycles. The maximum absolute atomic E-state index is 13.0. The number of benzene rings is 1. The van der Waals surface area contributed by atoms with Gasteiger partial charge in [0.05, 0.1) is 0 Å². The quantitative estimate of drug-likeness (QED) is 0.776. The number of nitrogens with zero attached hydrogens (tertiary/aromatic N) is 3. The summed E-state index contributed by atoms with van der Waals surface area (Å²) in [5, 5.41) is 0. The third kappa shape index (κ3) is 3.36. The highest BCUT2D eigenvalue weighted by molar-refractivity contribution is 5.99. The highest BCUT2D eigenvalue weighted by atomic mass is 16.2. The Hall–Kier alpha value is -2.63. The summed E-state index contributed by atoms with van der Waals surface area (Å²) in [6, 6.07) is 5.57. The molecule has 2 aliphatic rings. The number of fused-ring (bicyclic) bond motifs is 1. The summed E-state index contributed by atoms with van der Waals surface area (Å²) >= 11 is 0. The number of amides is 3. The topological polar surface area (TPSA) is 60.9 Å². The summed E-state index contributed by atoms with van der Waals surface area (Å²) in [6.45, 7) is 5.36. The van der Waals surface area contributed by atoms with E-state index in [1.807, 2.05) is 17.0 Å². The maximum atomic E-state index is 13.0. The zero-order chi connectivity index (χ0) is 18.8. The molecular formula is C20H25N3O3. The summed E-state index contributed by atoms with van der Waals surface area (Å²) in [7, 11) is 3.46. The van der Waals surface area contributed by atoms with Gasteiger partial charge in [0.2, 0.25) is 11.8 Å². The summed E-state index contributed by atoms with van der Waals surface area (Å²) < 4.78 is 0. The van der Waals surface area contributed by atoms with E-state index >= 15 is 0 Å². The summed E-state index contributed by atoms with van der Waals surface area (Å²) in [6.07, 6.45) is 3.46. The number of likely N-dealkylation sites (tertiary alicyclic amines) is 1. The van der Waals surface area contributed by atoms with Gasteiger partial charge in [-0.2, -0.15) is 0 Å². The lowest BCUT2D eigenvalue weighted by molar-refractivity contribution is -0.130. The molecule has 1 aromatic rings. The third-order valence-corrected chi connectivity index (χ3v) is 5.22. The second-order valence-corrected chi connectivity index (χ2v) is 7.09. The van der Waals surface area contributed by atoms with Gasteiger partial charge in [-0.15, -0.1) is 0 Å². The van der Waals surface area contributed by atoms with E-state index in [1.54, 1.807) is 30.0 Å². The van der Waals surface area contributed by atoms with Crippen LogP contribution in [0.15, 0.2) is 30.9 Å². The zero-order valence-corrected chi connectivity index (χ0v) is 15.4. The lowest BCUT2D eigenvalue weighted by Gasteiger charge is -2.32. The van der Waals surface area contributed by atoms with Gasteiger partial charge in [0.15, 0.2) is 0 Å². The number of hydrogen-bond acceptors (Lipinski definition) is 3. The zero-order valence-electron chi connectivity index (χ0n) is 15.4.